The van der Waals surface area contributed by atoms with Gasteiger partial charge in [0, 0.05) is 31.3 Å². The number of nitrogens with zero attached hydrogens (tertiary/aromatic N) is 3. The maximum Gasteiger partial charge on any atom is 0.274 e. The number of hydrogen-bond donors (Lipinski definition) is 1. The second kappa shape index (κ2) is 5.01. The highest BCUT2D eigenvalue weighted by molar-refractivity contribution is 5.47. The molecule has 20 heavy (non-hydrogen) atoms. The van der Waals surface area contributed by atoms with E-state index in [9.17, 15) is 15.2 Å². The van der Waals surface area contributed by atoms with Crippen molar-refractivity contribution in [1.29, 1.82) is 0 Å². The maximum absolute atomic E-state index is 10.8. The van der Waals surface area contributed by atoms with Crippen LogP contribution in [0.15, 0.2) is 18.3 Å². The van der Waals surface area contributed by atoms with E-state index in [1.165, 1.54) is 18.3 Å². The van der Waals surface area contributed by atoms with Crippen LogP contribution in [-0.4, -0.2) is 33.7 Å². The molecular weight excluding hydrogens is 258 g/mol. The van der Waals surface area contributed by atoms with Gasteiger partial charge in [-0.25, -0.2) is 4.98 Å². The van der Waals surface area contributed by atoms with Crippen molar-refractivity contribution in [2.75, 3.05) is 18.0 Å². The lowest BCUT2D eigenvalue weighted by Crippen LogP contribution is -2.53. The van der Waals surface area contributed by atoms with Gasteiger partial charge in [-0.15, -0.1) is 0 Å². The molecule has 1 saturated heterocycles. The van der Waals surface area contributed by atoms with E-state index in [2.05, 4.69) is 9.88 Å². The zero-order chi connectivity index (χ0) is 14.2. The second-order valence-electron chi connectivity index (χ2n) is 5.87. The van der Waals surface area contributed by atoms with Crippen molar-refractivity contribution in [2.45, 2.75) is 37.7 Å². The van der Waals surface area contributed by atoms with Crippen LogP contribution in [0.4, 0.5) is 11.5 Å². The first-order chi connectivity index (χ1) is 9.58. The number of fused-ring (bicyclic) bond motifs is 1. The summed E-state index contributed by atoms with van der Waals surface area (Å²) in [4.78, 5) is 16.8. The highest BCUT2D eigenvalue weighted by Gasteiger charge is 2.43. The molecule has 2 aliphatic rings. The van der Waals surface area contributed by atoms with E-state index in [-0.39, 0.29) is 11.6 Å². The van der Waals surface area contributed by atoms with E-state index >= 15 is 0 Å². The van der Waals surface area contributed by atoms with Crippen molar-refractivity contribution < 1.29 is 10.0 Å². The summed E-state index contributed by atoms with van der Waals surface area (Å²) in [5, 5.41) is 21.5. The highest BCUT2D eigenvalue weighted by atomic mass is 16.6. The van der Waals surface area contributed by atoms with Crippen LogP contribution in [0.1, 0.15) is 32.1 Å². The second-order valence-corrected chi connectivity index (χ2v) is 5.87. The molecule has 1 N–H and O–H groups in total. The average molecular weight is 277 g/mol. The Bertz CT molecular complexity index is 522. The molecular formula is C14H19N3O3. The molecule has 1 aliphatic carbocycles. The minimum Gasteiger partial charge on any atom is -0.389 e. The summed E-state index contributed by atoms with van der Waals surface area (Å²) in [5.41, 5.74) is -0.463. The molecule has 2 unspecified atom stereocenters. The van der Waals surface area contributed by atoms with Crippen LogP contribution >= 0.6 is 0 Å². The molecule has 2 heterocycles. The normalized spacial score (nSPS) is 29.9. The lowest BCUT2D eigenvalue weighted by molar-refractivity contribution is -0.384. The number of aliphatic hydroxyl groups is 1. The Labute approximate surface area is 117 Å². The predicted molar refractivity (Wildman–Crippen MR) is 74.6 cm³/mol. The monoisotopic (exact) mass is 277 g/mol. The van der Waals surface area contributed by atoms with Crippen LogP contribution < -0.4 is 4.90 Å². The largest absolute Gasteiger partial charge is 0.389 e. The van der Waals surface area contributed by atoms with Crippen LogP contribution in [0.25, 0.3) is 0 Å². The number of rotatable bonds is 2. The molecule has 2 atom stereocenters. The average Bonchev–Trinajstić information content (AvgIpc) is 2.46. The molecule has 3 rings (SSSR count). The van der Waals surface area contributed by atoms with Crippen molar-refractivity contribution in [2.24, 2.45) is 5.92 Å². The molecule has 6 heteroatoms. The molecule has 1 aromatic rings. The zero-order valence-corrected chi connectivity index (χ0v) is 11.4. The summed E-state index contributed by atoms with van der Waals surface area (Å²) < 4.78 is 0. The van der Waals surface area contributed by atoms with E-state index in [1.54, 1.807) is 0 Å². The number of nitro groups is 1. The summed E-state index contributed by atoms with van der Waals surface area (Å²) in [7, 11) is 0. The number of pyridine rings is 1. The van der Waals surface area contributed by atoms with Crippen LogP contribution in [0, 0.1) is 16.0 Å². The van der Waals surface area contributed by atoms with Gasteiger partial charge in [0.2, 0.25) is 0 Å². The summed E-state index contributed by atoms with van der Waals surface area (Å²) in [6.45, 7) is 1.45. The summed E-state index contributed by atoms with van der Waals surface area (Å²) in [6.07, 6.45) is 6.37. The Balaban J connectivity index is 1.79. The molecule has 1 saturated carbocycles. The Morgan fingerprint density at radius 2 is 2.30 bits per heavy atom. The lowest BCUT2D eigenvalue weighted by atomic mass is 9.71. The van der Waals surface area contributed by atoms with Gasteiger partial charge < -0.3 is 10.0 Å². The fraction of sp³-hybridized carbons (Fsp3) is 0.643. The first-order valence-electron chi connectivity index (χ1n) is 7.16. The van der Waals surface area contributed by atoms with Crippen LogP contribution in [0.3, 0.4) is 0 Å². The fourth-order valence-corrected chi connectivity index (χ4v) is 3.47. The third kappa shape index (κ3) is 2.35. The van der Waals surface area contributed by atoms with Gasteiger partial charge in [0.25, 0.3) is 5.69 Å². The van der Waals surface area contributed by atoms with Gasteiger partial charge in [-0.05, 0) is 19.3 Å². The Morgan fingerprint density at radius 1 is 1.45 bits per heavy atom. The van der Waals surface area contributed by atoms with Crippen LogP contribution in [0.5, 0.6) is 0 Å². The number of aromatic nitrogens is 1. The van der Waals surface area contributed by atoms with Crippen LogP contribution in [-0.2, 0) is 0 Å². The molecule has 6 nitrogen and oxygen atoms in total. The first-order valence-corrected chi connectivity index (χ1v) is 7.16. The van der Waals surface area contributed by atoms with Gasteiger partial charge in [-0.1, -0.05) is 12.8 Å². The summed E-state index contributed by atoms with van der Waals surface area (Å²) in [5.74, 6) is 0.901. The smallest absolute Gasteiger partial charge is 0.274 e. The van der Waals surface area contributed by atoms with Gasteiger partial charge in [-0.2, -0.15) is 0 Å². The number of anilines is 1. The minimum absolute atomic E-state index is 0.0690. The number of hydrogen-bond acceptors (Lipinski definition) is 5. The van der Waals surface area contributed by atoms with E-state index in [0.717, 1.165) is 38.6 Å². The van der Waals surface area contributed by atoms with Gasteiger partial charge in [0.15, 0.2) is 0 Å². The van der Waals surface area contributed by atoms with E-state index in [0.29, 0.717) is 12.4 Å². The van der Waals surface area contributed by atoms with Crippen molar-refractivity contribution >= 4 is 11.5 Å². The van der Waals surface area contributed by atoms with Gasteiger partial charge in [0.1, 0.15) is 5.82 Å². The molecule has 0 bridgehead atoms. The minimum atomic E-state index is -0.532. The Kier molecular flexibility index (Phi) is 3.33. The predicted octanol–water partition coefficient (Wildman–Crippen LogP) is 2.12. The van der Waals surface area contributed by atoms with E-state index in [4.69, 9.17) is 0 Å². The van der Waals surface area contributed by atoms with Crippen molar-refractivity contribution in [3.8, 4) is 0 Å². The topological polar surface area (TPSA) is 79.5 Å². The van der Waals surface area contributed by atoms with Gasteiger partial charge in [0.05, 0.1) is 16.6 Å². The van der Waals surface area contributed by atoms with Crippen molar-refractivity contribution in [3.05, 3.63) is 28.4 Å². The molecule has 108 valence electrons. The highest BCUT2D eigenvalue weighted by Crippen LogP contribution is 2.40. The zero-order valence-electron chi connectivity index (χ0n) is 11.4. The van der Waals surface area contributed by atoms with E-state index < -0.39 is 10.5 Å². The molecule has 0 radical (unpaired) electrons. The lowest BCUT2D eigenvalue weighted by Gasteiger charge is -2.47. The summed E-state index contributed by atoms with van der Waals surface area (Å²) >= 11 is 0. The third-order valence-electron chi connectivity index (χ3n) is 4.69. The summed E-state index contributed by atoms with van der Waals surface area (Å²) in [6, 6.07) is 2.93. The van der Waals surface area contributed by atoms with E-state index in [1.807, 2.05) is 0 Å². The third-order valence-corrected chi connectivity index (χ3v) is 4.69. The fourth-order valence-electron chi connectivity index (χ4n) is 3.47. The first kappa shape index (κ1) is 13.3. The standard InChI is InChI=1S/C14H19N3O3/c18-14-5-2-1-3-11(14)10-16(8-6-14)13-9-12(17(19)20)4-7-15-13/h4,7,9,11,18H,1-3,5-6,8,10H2. The van der Waals surface area contributed by atoms with Crippen molar-refractivity contribution in [1.82, 2.24) is 4.98 Å². The number of piperidine rings is 1. The molecule has 1 aromatic heterocycles. The van der Waals surface area contributed by atoms with Crippen molar-refractivity contribution in [3.63, 3.8) is 0 Å². The Morgan fingerprint density at radius 3 is 3.10 bits per heavy atom. The molecule has 0 amide bonds. The SMILES string of the molecule is O=[N+]([O-])c1ccnc(N2CCC3(O)CCCCC3C2)c1. The molecule has 0 spiro atoms. The van der Waals surface area contributed by atoms with Gasteiger partial charge in [-0.3, -0.25) is 10.1 Å². The molecule has 2 fully saturated rings. The Hall–Kier alpha value is -1.69. The quantitative estimate of drug-likeness (QED) is 0.661. The molecule has 0 aromatic carbocycles. The molecule has 1 aliphatic heterocycles. The van der Waals surface area contributed by atoms with Gasteiger partial charge >= 0.3 is 0 Å². The maximum atomic E-state index is 10.8. The van der Waals surface area contributed by atoms with Crippen LogP contribution in [0.2, 0.25) is 0 Å².